The van der Waals surface area contributed by atoms with Gasteiger partial charge in [-0.3, -0.25) is 14.5 Å². The van der Waals surface area contributed by atoms with E-state index in [9.17, 15) is 9.59 Å². The van der Waals surface area contributed by atoms with Crippen molar-refractivity contribution in [2.24, 2.45) is 11.7 Å². The van der Waals surface area contributed by atoms with Crippen LogP contribution in [0.1, 0.15) is 68.1 Å². The van der Waals surface area contributed by atoms with Crippen LogP contribution in [0.15, 0.2) is 36.2 Å². The first-order chi connectivity index (χ1) is 16.8. The molecule has 1 heterocycles. The molecule has 0 spiro atoms. The Morgan fingerprint density at radius 1 is 1.11 bits per heavy atom. The summed E-state index contributed by atoms with van der Waals surface area (Å²) in [4.78, 5) is 39.2. The minimum absolute atomic E-state index is 0.0103. The maximum Gasteiger partial charge on any atom is 0.251 e. The number of anilines is 1. The highest BCUT2D eigenvalue weighted by Gasteiger charge is 2.49. The van der Waals surface area contributed by atoms with Gasteiger partial charge >= 0.3 is 0 Å². The van der Waals surface area contributed by atoms with E-state index in [1.165, 1.54) is 37.2 Å². The van der Waals surface area contributed by atoms with Crippen molar-refractivity contribution in [3.63, 3.8) is 0 Å². The summed E-state index contributed by atoms with van der Waals surface area (Å²) < 4.78 is 0. The number of carbonyl (C=O) groups is 2. The Hall–Kier alpha value is -2.74. The highest BCUT2D eigenvalue weighted by atomic mass is 16.1. The molecule has 0 aliphatic heterocycles. The second-order valence-electron chi connectivity index (χ2n) is 10.8. The van der Waals surface area contributed by atoms with Crippen molar-refractivity contribution in [3.05, 3.63) is 41.8 Å². The summed E-state index contributed by atoms with van der Waals surface area (Å²) >= 11 is 0. The molecule has 4 rings (SSSR count). The summed E-state index contributed by atoms with van der Waals surface area (Å²) in [5.41, 5.74) is 6.75. The molecule has 0 radical (unpaired) electrons. The maximum absolute atomic E-state index is 12.5. The quantitative estimate of drug-likeness (QED) is 0.517. The van der Waals surface area contributed by atoms with Gasteiger partial charge in [0.15, 0.2) is 0 Å². The minimum Gasteiger partial charge on any atom is -0.366 e. The average Bonchev–Trinajstić information content (AvgIpc) is 2.84. The predicted molar refractivity (Wildman–Crippen MR) is 138 cm³/mol. The molecule has 2 amide bonds. The number of carbonyl (C=O) groups excluding carboxylic acids is 2. The van der Waals surface area contributed by atoms with Gasteiger partial charge in [0.05, 0.1) is 11.1 Å². The molecule has 0 atom stereocenters. The molecule has 2 fully saturated rings. The lowest BCUT2D eigenvalue weighted by atomic mass is 9.66. The van der Waals surface area contributed by atoms with Gasteiger partial charge < -0.3 is 15.5 Å². The molecule has 3 aliphatic carbocycles. The molecule has 8 nitrogen and oxygen atoms in total. The Morgan fingerprint density at radius 2 is 1.80 bits per heavy atom. The molecule has 1 aromatic heterocycles. The Bertz CT molecular complexity index is 958. The van der Waals surface area contributed by atoms with E-state index in [4.69, 9.17) is 5.73 Å². The van der Waals surface area contributed by atoms with Crippen molar-refractivity contribution in [1.82, 2.24) is 19.8 Å². The summed E-state index contributed by atoms with van der Waals surface area (Å²) in [5, 5.41) is 0. The average molecular weight is 481 g/mol. The van der Waals surface area contributed by atoms with Gasteiger partial charge in [0, 0.05) is 38.1 Å². The van der Waals surface area contributed by atoms with Crippen LogP contribution >= 0.6 is 0 Å². The van der Waals surface area contributed by atoms with Crippen molar-refractivity contribution in [2.75, 3.05) is 39.1 Å². The summed E-state index contributed by atoms with van der Waals surface area (Å²) in [6.07, 6.45) is 20.7. The maximum atomic E-state index is 12.5. The van der Waals surface area contributed by atoms with E-state index in [0.717, 1.165) is 51.5 Å². The first kappa shape index (κ1) is 25.4. The fourth-order valence-corrected chi connectivity index (χ4v) is 6.08. The Labute approximate surface area is 209 Å². The minimum atomic E-state index is -0.540. The molecule has 0 aromatic carbocycles. The van der Waals surface area contributed by atoms with Gasteiger partial charge in [-0.2, -0.15) is 0 Å². The van der Waals surface area contributed by atoms with E-state index in [-0.39, 0.29) is 11.1 Å². The number of amides is 2. The molecule has 8 heteroatoms. The van der Waals surface area contributed by atoms with Crippen LogP contribution in [0.25, 0.3) is 0 Å². The summed E-state index contributed by atoms with van der Waals surface area (Å²) in [7, 11) is 6.33. The van der Waals surface area contributed by atoms with Crippen molar-refractivity contribution in [1.29, 1.82) is 0 Å². The Kier molecular flexibility index (Phi) is 7.59. The monoisotopic (exact) mass is 480 g/mol. The Morgan fingerprint density at radius 3 is 2.29 bits per heavy atom. The zero-order chi connectivity index (χ0) is 25.1. The number of allylic oxidation sites excluding steroid dienone is 2. The fourth-order valence-electron chi connectivity index (χ4n) is 6.08. The molecular weight excluding hydrogens is 440 g/mol. The van der Waals surface area contributed by atoms with Crippen molar-refractivity contribution < 1.29 is 9.59 Å². The normalized spacial score (nSPS) is 26.7. The van der Waals surface area contributed by atoms with Gasteiger partial charge in [-0.15, -0.1) is 0 Å². The van der Waals surface area contributed by atoms with Crippen LogP contribution in [0, 0.1) is 5.92 Å². The number of primary amides is 1. The highest BCUT2D eigenvalue weighted by molar-refractivity contribution is 5.92. The van der Waals surface area contributed by atoms with Crippen molar-refractivity contribution in [2.45, 2.75) is 68.9 Å². The molecular formula is C27H40N6O2. The SMILES string of the molecule is CN(CC1(N(C=O)CC2CCC2)CCC(C2=CCCC=C2)(N(C)C)CC1)c1ncc(C(N)=O)cn1. The van der Waals surface area contributed by atoms with E-state index in [1.807, 2.05) is 11.9 Å². The lowest BCUT2D eigenvalue weighted by Crippen LogP contribution is -2.62. The van der Waals surface area contributed by atoms with Crippen LogP contribution < -0.4 is 10.6 Å². The van der Waals surface area contributed by atoms with E-state index in [0.29, 0.717) is 24.0 Å². The highest BCUT2D eigenvalue weighted by Crippen LogP contribution is 2.46. The van der Waals surface area contributed by atoms with Crippen LogP contribution in [-0.2, 0) is 4.79 Å². The summed E-state index contributed by atoms with van der Waals surface area (Å²) in [6.45, 7) is 1.46. The van der Waals surface area contributed by atoms with Crippen molar-refractivity contribution >= 4 is 18.3 Å². The van der Waals surface area contributed by atoms with Gasteiger partial charge in [-0.1, -0.05) is 24.6 Å². The number of aromatic nitrogens is 2. The second kappa shape index (κ2) is 10.5. The van der Waals surface area contributed by atoms with Crippen LogP contribution in [0.5, 0.6) is 0 Å². The molecule has 0 bridgehead atoms. The van der Waals surface area contributed by atoms with Gasteiger partial charge in [-0.25, -0.2) is 9.97 Å². The number of nitrogens with zero attached hydrogens (tertiary/aromatic N) is 5. The first-order valence-corrected chi connectivity index (χ1v) is 12.9. The number of hydrogen-bond acceptors (Lipinski definition) is 6. The van der Waals surface area contributed by atoms with Gasteiger partial charge in [0.1, 0.15) is 0 Å². The van der Waals surface area contributed by atoms with Crippen molar-refractivity contribution in [3.8, 4) is 0 Å². The number of rotatable bonds is 10. The number of likely N-dealkylation sites (N-methyl/N-ethyl adjacent to an activating group) is 2. The molecule has 2 saturated carbocycles. The lowest BCUT2D eigenvalue weighted by Gasteiger charge is -2.55. The zero-order valence-electron chi connectivity index (χ0n) is 21.4. The molecule has 1 aromatic rings. The van der Waals surface area contributed by atoms with E-state index in [1.54, 1.807) is 0 Å². The van der Waals surface area contributed by atoms with Gasteiger partial charge in [0.25, 0.3) is 5.91 Å². The molecule has 35 heavy (non-hydrogen) atoms. The smallest absolute Gasteiger partial charge is 0.251 e. The standard InChI is InChI=1S/C27H40N6O2/c1-31(2)27(23-10-5-4-6-11-23)14-12-26(13-15-27,33(20-34)18-21-8-7-9-21)19-32(3)25-29-16-22(17-30-25)24(28)35/h5,10-11,16-17,20-21H,4,6-9,12-15,18-19H2,1-3H3,(H2,28,35). The van der Waals surface area contributed by atoms with Crippen LogP contribution in [0.2, 0.25) is 0 Å². The lowest BCUT2D eigenvalue weighted by molar-refractivity contribution is -0.128. The van der Waals surface area contributed by atoms with Crippen LogP contribution in [0.4, 0.5) is 5.95 Å². The third-order valence-corrected chi connectivity index (χ3v) is 8.61. The van der Waals surface area contributed by atoms with E-state index < -0.39 is 5.91 Å². The predicted octanol–water partition coefficient (Wildman–Crippen LogP) is 3.16. The first-order valence-electron chi connectivity index (χ1n) is 12.9. The van der Waals surface area contributed by atoms with E-state index in [2.05, 4.69) is 52.1 Å². The molecule has 190 valence electrons. The van der Waals surface area contributed by atoms with Crippen LogP contribution in [-0.4, -0.2) is 77.4 Å². The largest absolute Gasteiger partial charge is 0.366 e. The summed E-state index contributed by atoms with van der Waals surface area (Å²) in [5.74, 6) is 0.589. The Balaban J connectivity index is 1.60. The topological polar surface area (TPSA) is 95.7 Å². The molecule has 3 aliphatic rings. The van der Waals surface area contributed by atoms with Crippen LogP contribution in [0.3, 0.4) is 0 Å². The number of hydrogen-bond donors (Lipinski definition) is 1. The molecule has 0 unspecified atom stereocenters. The third kappa shape index (κ3) is 5.13. The van der Waals surface area contributed by atoms with Gasteiger partial charge in [-0.05, 0) is 77.0 Å². The second-order valence-corrected chi connectivity index (χ2v) is 10.8. The fraction of sp³-hybridized carbons (Fsp3) is 0.630. The zero-order valence-corrected chi connectivity index (χ0v) is 21.4. The van der Waals surface area contributed by atoms with Gasteiger partial charge in [0.2, 0.25) is 12.4 Å². The number of nitrogens with two attached hydrogens (primary N) is 1. The third-order valence-electron chi connectivity index (χ3n) is 8.61. The molecule has 2 N–H and O–H groups in total. The summed E-state index contributed by atoms with van der Waals surface area (Å²) in [6, 6.07) is 0. The van der Waals surface area contributed by atoms with E-state index >= 15 is 0 Å². The molecule has 0 saturated heterocycles.